The van der Waals surface area contributed by atoms with E-state index in [0.717, 1.165) is 24.1 Å². The summed E-state index contributed by atoms with van der Waals surface area (Å²) in [6.45, 7) is 5.88. The number of hydrogen-bond acceptors (Lipinski definition) is 3. The monoisotopic (exact) mass is 235 g/mol. The van der Waals surface area contributed by atoms with Gasteiger partial charge in [0.1, 0.15) is 0 Å². The normalized spacial score (nSPS) is 15.8. The van der Waals surface area contributed by atoms with Gasteiger partial charge in [-0.05, 0) is 19.4 Å². The van der Waals surface area contributed by atoms with Crippen LogP contribution in [0.25, 0.3) is 0 Å². The van der Waals surface area contributed by atoms with E-state index in [1.807, 2.05) is 6.92 Å². The average Bonchev–Trinajstić information content (AvgIpc) is 2.64. The van der Waals surface area contributed by atoms with Gasteiger partial charge < -0.3 is 9.64 Å². The molecule has 0 atom stereocenters. The maximum Gasteiger partial charge on any atom is 0.173 e. The van der Waals surface area contributed by atoms with Crippen molar-refractivity contribution in [1.82, 2.24) is 4.90 Å². The molecular formula is C13H17NOS. The van der Waals surface area contributed by atoms with E-state index in [-0.39, 0.29) is 0 Å². The van der Waals surface area contributed by atoms with Crippen LogP contribution in [-0.2, 0) is 11.3 Å². The quantitative estimate of drug-likeness (QED) is 0.793. The molecule has 0 bridgehead atoms. The van der Waals surface area contributed by atoms with E-state index in [4.69, 9.17) is 4.74 Å². The summed E-state index contributed by atoms with van der Waals surface area (Å²) < 4.78 is 5.58. The Hall–Kier alpha value is -1.09. The topological polar surface area (TPSA) is 12.5 Å². The summed E-state index contributed by atoms with van der Waals surface area (Å²) in [5, 5.41) is 1.08. The lowest BCUT2D eigenvalue weighted by molar-refractivity contribution is 0.246. The molecule has 16 heavy (non-hydrogen) atoms. The van der Waals surface area contributed by atoms with Crippen molar-refractivity contribution in [1.29, 1.82) is 0 Å². The van der Waals surface area contributed by atoms with Crippen molar-refractivity contribution in [2.24, 2.45) is 0 Å². The largest absolute Gasteiger partial charge is 0.486 e. The van der Waals surface area contributed by atoms with Crippen LogP contribution in [0.1, 0.15) is 19.4 Å². The minimum atomic E-state index is 0.749. The average molecular weight is 235 g/mol. The zero-order valence-corrected chi connectivity index (χ0v) is 10.6. The summed E-state index contributed by atoms with van der Waals surface area (Å²) in [6, 6.07) is 10.5. The summed E-state index contributed by atoms with van der Waals surface area (Å²) in [4.78, 5) is 2.35. The number of thioether (sulfide) groups is 1. The van der Waals surface area contributed by atoms with Crippen LogP contribution in [0.3, 0.4) is 0 Å². The predicted molar refractivity (Wildman–Crippen MR) is 68.8 cm³/mol. The van der Waals surface area contributed by atoms with Crippen LogP contribution in [0.4, 0.5) is 0 Å². The summed E-state index contributed by atoms with van der Waals surface area (Å²) >= 11 is 1.79. The fraction of sp³-hybridized carbons (Fsp3) is 0.385. The molecule has 86 valence electrons. The summed E-state index contributed by atoms with van der Waals surface area (Å²) in [5.74, 6) is 0.996. The molecule has 1 aliphatic heterocycles. The molecule has 2 rings (SSSR count). The number of rotatable bonds is 4. The van der Waals surface area contributed by atoms with Gasteiger partial charge in [-0.2, -0.15) is 0 Å². The number of benzene rings is 1. The van der Waals surface area contributed by atoms with Crippen LogP contribution in [0.15, 0.2) is 41.1 Å². The second kappa shape index (κ2) is 5.30. The van der Waals surface area contributed by atoms with Crippen molar-refractivity contribution in [2.45, 2.75) is 20.4 Å². The Labute approximate surface area is 101 Å². The van der Waals surface area contributed by atoms with Crippen LogP contribution in [-0.4, -0.2) is 17.4 Å². The lowest BCUT2D eigenvalue weighted by Gasteiger charge is -2.18. The SMILES string of the molecule is CCOC1=C(C)N(Cc2ccccc2)CS1. The van der Waals surface area contributed by atoms with Gasteiger partial charge in [0.15, 0.2) is 5.09 Å². The molecule has 0 radical (unpaired) electrons. The molecule has 1 aliphatic rings. The number of nitrogens with zero attached hydrogens (tertiary/aromatic N) is 1. The molecule has 1 aromatic rings. The van der Waals surface area contributed by atoms with Gasteiger partial charge in [-0.25, -0.2) is 0 Å². The summed E-state index contributed by atoms with van der Waals surface area (Å²) in [5.41, 5.74) is 2.61. The Kier molecular flexibility index (Phi) is 3.78. The Balaban J connectivity index is 2.02. The molecule has 0 aliphatic carbocycles. The van der Waals surface area contributed by atoms with Crippen molar-refractivity contribution in [3.05, 3.63) is 46.7 Å². The molecule has 0 saturated heterocycles. The second-order valence-electron chi connectivity index (χ2n) is 3.76. The standard InChI is InChI=1S/C13H17NOS/c1-3-15-13-11(2)14(10-16-13)9-12-7-5-4-6-8-12/h4-8H,3,9-10H2,1-2H3. The van der Waals surface area contributed by atoms with Crippen molar-refractivity contribution in [3.63, 3.8) is 0 Å². The molecule has 0 amide bonds. The van der Waals surface area contributed by atoms with E-state index in [1.165, 1.54) is 11.3 Å². The van der Waals surface area contributed by atoms with Crippen molar-refractivity contribution < 1.29 is 4.74 Å². The smallest absolute Gasteiger partial charge is 0.173 e. The van der Waals surface area contributed by atoms with E-state index in [9.17, 15) is 0 Å². The molecule has 2 nitrogen and oxygen atoms in total. The molecule has 0 unspecified atom stereocenters. The molecule has 1 heterocycles. The van der Waals surface area contributed by atoms with Gasteiger partial charge in [0, 0.05) is 6.54 Å². The van der Waals surface area contributed by atoms with Gasteiger partial charge in [-0.3, -0.25) is 0 Å². The highest BCUT2D eigenvalue weighted by atomic mass is 32.2. The Morgan fingerprint density at radius 3 is 2.75 bits per heavy atom. The molecule has 0 saturated carbocycles. The van der Waals surface area contributed by atoms with E-state index < -0.39 is 0 Å². The molecule has 0 aromatic heterocycles. The molecule has 0 fully saturated rings. The molecule has 0 spiro atoms. The van der Waals surface area contributed by atoms with Gasteiger partial charge >= 0.3 is 0 Å². The Morgan fingerprint density at radius 2 is 2.06 bits per heavy atom. The molecule has 1 aromatic carbocycles. The van der Waals surface area contributed by atoms with E-state index in [2.05, 4.69) is 42.2 Å². The fourth-order valence-corrected chi connectivity index (χ4v) is 2.81. The zero-order valence-electron chi connectivity index (χ0n) is 9.77. The van der Waals surface area contributed by atoms with Gasteiger partial charge in [0.25, 0.3) is 0 Å². The van der Waals surface area contributed by atoms with Gasteiger partial charge in [-0.15, -0.1) is 0 Å². The van der Waals surface area contributed by atoms with Gasteiger partial charge in [-0.1, -0.05) is 42.1 Å². The number of allylic oxidation sites excluding steroid dienone is 1. The Bertz CT molecular complexity index is 375. The highest BCUT2D eigenvalue weighted by Crippen LogP contribution is 2.33. The first kappa shape index (κ1) is 11.4. The third-order valence-corrected chi connectivity index (χ3v) is 3.73. The first-order chi connectivity index (χ1) is 7.81. The third kappa shape index (κ3) is 2.53. The summed E-state index contributed by atoms with van der Waals surface area (Å²) in [7, 11) is 0. The van der Waals surface area contributed by atoms with Crippen molar-refractivity contribution >= 4 is 11.8 Å². The highest BCUT2D eigenvalue weighted by Gasteiger charge is 2.20. The Morgan fingerprint density at radius 1 is 1.31 bits per heavy atom. The highest BCUT2D eigenvalue weighted by molar-refractivity contribution is 8.03. The predicted octanol–water partition coefficient (Wildman–Crippen LogP) is 3.42. The maximum atomic E-state index is 5.58. The van der Waals surface area contributed by atoms with E-state index in [0.29, 0.717) is 0 Å². The van der Waals surface area contributed by atoms with Gasteiger partial charge in [0.2, 0.25) is 0 Å². The maximum absolute atomic E-state index is 5.58. The van der Waals surface area contributed by atoms with Crippen LogP contribution >= 0.6 is 11.8 Å². The van der Waals surface area contributed by atoms with Crippen molar-refractivity contribution in [3.8, 4) is 0 Å². The number of hydrogen-bond donors (Lipinski definition) is 0. The lowest BCUT2D eigenvalue weighted by atomic mass is 10.2. The molecule has 0 N–H and O–H groups in total. The lowest BCUT2D eigenvalue weighted by Crippen LogP contribution is -2.16. The number of ether oxygens (including phenoxy) is 1. The minimum Gasteiger partial charge on any atom is -0.486 e. The van der Waals surface area contributed by atoms with E-state index in [1.54, 1.807) is 11.8 Å². The minimum absolute atomic E-state index is 0.749. The van der Waals surface area contributed by atoms with Crippen LogP contribution < -0.4 is 0 Å². The zero-order chi connectivity index (χ0) is 11.4. The molecular weight excluding hydrogens is 218 g/mol. The third-order valence-electron chi connectivity index (χ3n) is 2.61. The van der Waals surface area contributed by atoms with Crippen molar-refractivity contribution in [2.75, 3.05) is 12.5 Å². The van der Waals surface area contributed by atoms with Crippen LogP contribution in [0, 0.1) is 0 Å². The molecule has 3 heteroatoms. The van der Waals surface area contributed by atoms with Crippen LogP contribution in [0.5, 0.6) is 0 Å². The first-order valence-electron chi connectivity index (χ1n) is 5.56. The second-order valence-corrected chi connectivity index (χ2v) is 4.68. The van der Waals surface area contributed by atoms with Crippen LogP contribution in [0.2, 0.25) is 0 Å². The summed E-state index contributed by atoms with van der Waals surface area (Å²) in [6.07, 6.45) is 0. The van der Waals surface area contributed by atoms with E-state index >= 15 is 0 Å². The first-order valence-corrected chi connectivity index (χ1v) is 6.55. The van der Waals surface area contributed by atoms with Gasteiger partial charge in [0.05, 0.1) is 18.2 Å². The fourth-order valence-electron chi connectivity index (χ4n) is 1.71.